The molecule has 1 aliphatic heterocycles. The lowest BCUT2D eigenvalue weighted by molar-refractivity contribution is -0.139. The molecule has 0 spiro atoms. The lowest BCUT2D eigenvalue weighted by Crippen LogP contribution is -2.30. The summed E-state index contributed by atoms with van der Waals surface area (Å²) in [5.74, 6) is -0.691. The first-order chi connectivity index (χ1) is 10.2. The van der Waals surface area contributed by atoms with Crippen LogP contribution in [0.25, 0.3) is 0 Å². The summed E-state index contributed by atoms with van der Waals surface area (Å²) in [7, 11) is 0. The van der Waals surface area contributed by atoms with Crippen LogP contribution in [0.15, 0.2) is 42.0 Å². The first kappa shape index (κ1) is 13.8. The number of ether oxygens (including phenoxy) is 2. The third kappa shape index (κ3) is 2.97. The van der Waals surface area contributed by atoms with Crippen LogP contribution >= 0.6 is 0 Å². The van der Waals surface area contributed by atoms with Crippen LogP contribution in [0.5, 0.6) is 0 Å². The van der Waals surface area contributed by atoms with Gasteiger partial charge in [-0.25, -0.2) is 9.59 Å². The van der Waals surface area contributed by atoms with Crippen LogP contribution in [-0.2, 0) is 14.3 Å². The predicted molar refractivity (Wildman–Crippen MR) is 75.7 cm³/mol. The third-order valence-electron chi connectivity index (χ3n) is 3.67. The van der Waals surface area contributed by atoms with E-state index in [0.29, 0.717) is 24.2 Å². The Kier molecular flexibility index (Phi) is 3.75. The van der Waals surface area contributed by atoms with E-state index < -0.39 is 0 Å². The maximum Gasteiger partial charge on any atom is 0.338 e. The second-order valence-electron chi connectivity index (χ2n) is 5.14. The molecule has 1 aromatic carbocycles. The van der Waals surface area contributed by atoms with Crippen molar-refractivity contribution < 1.29 is 19.1 Å². The van der Waals surface area contributed by atoms with Crippen molar-refractivity contribution in [3.8, 4) is 0 Å². The number of nitrogens with one attached hydrogen (secondary N) is 1. The zero-order valence-corrected chi connectivity index (χ0v) is 11.7. The standard InChI is InChI=1S/C16H17NO4/c1-2-20-15(18)11-8-12-14(17-12)13(9-11)21-16(19)10-6-4-3-5-7-10/h3-8,12-14,17H,2,9H2,1H3/t12-,13+,14-/m0/s1. The molecule has 1 fully saturated rings. The molecule has 0 saturated carbocycles. The van der Waals surface area contributed by atoms with Gasteiger partial charge in [0.2, 0.25) is 0 Å². The van der Waals surface area contributed by atoms with Crippen LogP contribution in [0.3, 0.4) is 0 Å². The smallest absolute Gasteiger partial charge is 0.338 e. The van der Waals surface area contributed by atoms with Gasteiger partial charge in [0, 0.05) is 18.0 Å². The normalized spacial score (nSPS) is 26.3. The molecule has 0 unspecified atom stereocenters. The van der Waals surface area contributed by atoms with Gasteiger partial charge >= 0.3 is 11.9 Å². The molecule has 0 aromatic heterocycles. The average Bonchev–Trinajstić information content (AvgIpc) is 3.28. The molecule has 1 aliphatic carbocycles. The van der Waals surface area contributed by atoms with E-state index in [9.17, 15) is 9.59 Å². The summed E-state index contributed by atoms with van der Waals surface area (Å²) in [6.45, 7) is 2.11. The van der Waals surface area contributed by atoms with Gasteiger partial charge in [-0.3, -0.25) is 0 Å². The highest BCUT2D eigenvalue weighted by Crippen LogP contribution is 2.31. The molecule has 3 rings (SSSR count). The van der Waals surface area contributed by atoms with Gasteiger partial charge in [-0.1, -0.05) is 24.3 Å². The van der Waals surface area contributed by atoms with Gasteiger partial charge in [0.25, 0.3) is 0 Å². The number of benzene rings is 1. The number of rotatable bonds is 4. The quantitative estimate of drug-likeness (QED) is 0.670. The number of hydrogen-bond donors (Lipinski definition) is 1. The topological polar surface area (TPSA) is 74.5 Å². The van der Waals surface area contributed by atoms with Crippen LogP contribution in [-0.4, -0.2) is 36.7 Å². The van der Waals surface area contributed by atoms with E-state index in [4.69, 9.17) is 9.47 Å². The number of esters is 2. The molecule has 1 N–H and O–H groups in total. The molecule has 1 saturated heterocycles. The second-order valence-corrected chi connectivity index (χ2v) is 5.14. The van der Waals surface area contributed by atoms with Crippen molar-refractivity contribution in [1.29, 1.82) is 0 Å². The molecule has 1 heterocycles. The fraction of sp³-hybridized carbons (Fsp3) is 0.375. The van der Waals surface area contributed by atoms with Gasteiger partial charge in [-0.05, 0) is 19.1 Å². The summed E-state index contributed by atoms with van der Waals surface area (Å²) in [6.07, 6.45) is 1.94. The van der Waals surface area contributed by atoms with Crippen molar-refractivity contribution in [3.63, 3.8) is 0 Å². The summed E-state index contributed by atoms with van der Waals surface area (Å²) >= 11 is 0. The Balaban J connectivity index is 1.66. The maximum atomic E-state index is 12.1. The van der Waals surface area contributed by atoms with E-state index in [0.717, 1.165) is 0 Å². The zero-order chi connectivity index (χ0) is 14.8. The SMILES string of the molecule is CCOC(=O)C1=C[C@@H]2N[C@@H]2[C@H](OC(=O)c2ccccc2)C1. The first-order valence-corrected chi connectivity index (χ1v) is 7.09. The summed E-state index contributed by atoms with van der Waals surface area (Å²) < 4.78 is 10.6. The third-order valence-corrected chi connectivity index (χ3v) is 3.67. The van der Waals surface area contributed by atoms with Crippen LogP contribution < -0.4 is 5.32 Å². The summed E-state index contributed by atoms with van der Waals surface area (Å²) in [4.78, 5) is 23.9. The van der Waals surface area contributed by atoms with Crippen molar-refractivity contribution in [2.75, 3.05) is 6.61 Å². The fourth-order valence-corrected chi connectivity index (χ4v) is 2.56. The molecule has 2 aliphatic rings. The van der Waals surface area contributed by atoms with E-state index in [-0.39, 0.29) is 30.1 Å². The van der Waals surface area contributed by atoms with Crippen molar-refractivity contribution in [2.45, 2.75) is 31.5 Å². The predicted octanol–water partition coefficient (Wildman–Crippen LogP) is 1.45. The van der Waals surface area contributed by atoms with Gasteiger partial charge < -0.3 is 14.8 Å². The number of carbonyl (C=O) groups excluding carboxylic acids is 2. The largest absolute Gasteiger partial charge is 0.463 e. The van der Waals surface area contributed by atoms with Gasteiger partial charge in [0.15, 0.2) is 0 Å². The van der Waals surface area contributed by atoms with Crippen molar-refractivity contribution in [2.24, 2.45) is 0 Å². The second kappa shape index (κ2) is 5.69. The molecule has 0 amide bonds. The van der Waals surface area contributed by atoms with Gasteiger partial charge in [-0.15, -0.1) is 0 Å². The molecular weight excluding hydrogens is 270 g/mol. The Bertz CT molecular complexity index is 581. The Hall–Kier alpha value is -2.14. The van der Waals surface area contributed by atoms with Crippen molar-refractivity contribution in [3.05, 3.63) is 47.5 Å². The number of fused-ring (bicyclic) bond motifs is 1. The Morgan fingerprint density at radius 2 is 2.00 bits per heavy atom. The van der Waals surface area contributed by atoms with Crippen molar-refractivity contribution in [1.82, 2.24) is 5.32 Å². The highest BCUT2D eigenvalue weighted by molar-refractivity contribution is 5.91. The Morgan fingerprint density at radius 1 is 1.24 bits per heavy atom. The van der Waals surface area contributed by atoms with Gasteiger partial charge in [0.1, 0.15) is 6.10 Å². The lowest BCUT2D eigenvalue weighted by atomic mass is 9.96. The van der Waals surface area contributed by atoms with Crippen LogP contribution in [0.1, 0.15) is 23.7 Å². The Labute approximate surface area is 122 Å². The highest BCUT2D eigenvalue weighted by atomic mass is 16.5. The van der Waals surface area contributed by atoms with E-state index in [1.54, 1.807) is 31.2 Å². The minimum absolute atomic E-state index is 0.103. The zero-order valence-electron chi connectivity index (χ0n) is 11.7. The van der Waals surface area contributed by atoms with E-state index >= 15 is 0 Å². The van der Waals surface area contributed by atoms with E-state index in [2.05, 4.69) is 5.32 Å². The molecule has 5 heteroatoms. The molecule has 0 bridgehead atoms. The number of hydrogen-bond acceptors (Lipinski definition) is 5. The lowest BCUT2D eigenvalue weighted by Gasteiger charge is -2.21. The first-order valence-electron chi connectivity index (χ1n) is 7.09. The molecule has 110 valence electrons. The molecule has 21 heavy (non-hydrogen) atoms. The molecule has 5 nitrogen and oxygen atoms in total. The summed E-state index contributed by atoms with van der Waals surface area (Å²) in [5.41, 5.74) is 1.09. The van der Waals surface area contributed by atoms with E-state index in [1.807, 2.05) is 12.1 Å². The molecule has 1 aromatic rings. The summed E-state index contributed by atoms with van der Waals surface area (Å²) in [5, 5.41) is 3.20. The number of carbonyl (C=O) groups is 2. The van der Waals surface area contributed by atoms with Crippen LogP contribution in [0.4, 0.5) is 0 Å². The maximum absolute atomic E-state index is 12.1. The van der Waals surface area contributed by atoms with Crippen LogP contribution in [0.2, 0.25) is 0 Å². The van der Waals surface area contributed by atoms with Gasteiger partial charge in [0.05, 0.1) is 18.2 Å². The summed E-state index contributed by atoms with van der Waals surface area (Å²) in [6, 6.07) is 9.06. The van der Waals surface area contributed by atoms with Gasteiger partial charge in [-0.2, -0.15) is 0 Å². The monoisotopic (exact) mass is 287 g/mol. The highest BCUT2D eigenvalue weighted by Gasteiger charge is 2.47. The minimum Gasteiger partial charge on any atom is -0.463 e. The Morgan fingerprint density at radius 3 is 2.71 bits per heavy atom. The molecular formula is C16H17NO4. The van der Waals surface area contributed by atoms with E-state index in [1.165, 1.54) is 0 Å². The molecule has 3 atom stereocenters. The van der Waals surface area contributed by atoms with Crippen LogP contribution in [0, 0.1) is 0 Å². The fourth-order valence-electron chi connectivity index (χ4n) is 2.56. The van der Waals surface area contributed by atoms with Crippen molar-refractivity contribution >= 4 is 11.9 Å². The minimum atomic E-state index is -0.363. The molecule has 0 radical (unpaired) electrons. The average molecular weight is 287 g/mol.